The summed E-state index contributed by atoms with van der Waals surface area (Å²) in [6.07, 6.45) is 8.51. The van der Waals surface area contributed by atoms with E-state index in [0.717, 1.165) is 36.0 Å². The lowest BCUT2D eigenvalue weighted by Gasteiger charge is -2.22. The number of hydrogen-bond acceptors (Lipinski definition) is 8. The number of anilines is 1. The van der Waals surface area contributed by atoms with Crippen LogP contribution >= 0.6 is 23.1 Å². The Kier molecular flexibility index (Phi) is 10.5. The van der Waals surface area contributed by atoms with E-state index in [9.17, 15) is 9.90 Å². The van der Waals surface area contributed by atoms with Gasteiger partial charge in [0.2, 0.25) is 11.8 Å². The average molecular weight is 467 g/mol. The molecule has 0 spiro atoms. The fourth-order valence-electron chi connectivity index (χ4n) is 2.89. The molecular formula is C22H34N4O3S2. The Bertz CT molecular complexity index is 814. The Hall–Kier alpha value is -1.87. The number of aliphatic carboxylic acids is 1. The van der Waals surface area contributed by atoms with Crippen molar-refractivity contribution in [3.63, 3.8) is 0 Å². The molecule has 31 heavy (non-hydrogen) atoms. The first kappa shape index (κ1) is 25.4. The third-order valence-electron chi connectivity index (χ3n) is 4.75. The first-order valence-electron chi connectivity index (χ1n) is 10.9. The molecule has 0 unspecified atom stereocenters. The zero-order valence-electron chi connectivity index (χ0n) is 19.0. The number of ether oxygens (including phenoxy) is 1. The highest BCUT2D eigenvalue weighted by atomic mass is 32.2. The van der Waals surface area contributed by atoms with Crippen LogP contribution in [0.25, 0.3) is 0 Å². The van der Waals surface area contributed by atoms with Crippen LogP contribution < -0.4 is 9.64 Å². The summed E-state index contributed by atoms with van der Waals surface area (Å²) < 4.78 is 5.43. The predicted molar refractivity (Wildman–Crippen MR) is 128 cm³/mol. The molecule has 0 aliphatic carbocycles. The van der Waals surface area contributed by atoms with Crippen LogP contribution in [-0.2, 0) is 11.2 Å². The normalized spacial score (nSPS) is 11.5. The van der Waals surface area contributed by atoms with E-state index < -0.39 is 10.7 Å². The maximum absolute atomic E-state index is 11.4. The first-order chi connectivity index (χ1) is 14.9. The summed E-state index contributed by atoms with van der Waals surface area (Å²) in [5.74, 6) is 0.430. The molecule has 1 N–H and O–H groups in total. The highest BCUT2D eigenvalue weighted by Gasteiger charge is 2.29. The Balaban J connectivity index is 2.02. The van der Waals surface area contributed by atoms with Crippen LogP contribution in [0.3, 0.4) is 0 Å². The molecule has 0 radical (unpaired) electrons. The van der Waals surface area contributed by atoms with E-state index in [2.05, 4.69) is 26.8 Å². The van der Waals surface area contributed by atoms with Crippen molar-refractivity contribution in [2.45, 2.75) is 75.3 Å². The molecule has 0 saturated heterocycles. The lowest BCUT2D eigenvalue weighted by atomic mass is 10.1. The van der Waals surface area contributed by atoms with Crippen LogP contribution in [0.2, 0.25) is 0 Å². The molecule has 0 aromatic carbocycles. The third-order valence-corrected chi connectivity index (χ3v) is 6.92. The zero-order valence-corrected chi connectivity index (χ0v) is 20.6. The highest BCUT2D eigenvalue weighted by molar-refractivity contribution is 8.02. The van der Waals surface area contributed by atoms with Gasteiger partial charge in [0.05, 0.1) is 12.3 Å². The molecule has 0 bridgehead atoms. The molecule has 2 aromatic heterocycles. The van der Waals surface area contributed by atoms with Gasteiger partial charge >= 0.3 is 5.97 Å². The van der Waals surface area contributed by atoms with E-state index in [0.29, 0.717) is 18.4 Å². The number of carboxylic acid groups (broad SMARTS) is 1. The summed E-state index contributed by atoms with van der Waals surface area (Å²) in [6.45, 7) is 9.76. The molecule has 0 aliphatic rings. The number of unbranched alkanes of at least 4 members (excludes halogenated alkanes) is 4. The first-order valence-corrected chi connectivity index (χ1v) is 12.6. The van der Waals surface area contributed by atoms with Gasteiger partial charge in [0.15, 0.2) is 4.34 Å². The topological polar surface area (TPSA) is 88.4 Å². The molecule has 0 saturated carbocycles. The molecule has 172 valence electrons. The molecule has 2 heterocycles. The van der Waals surface area contributed by atoms with Crippen molar-refractivity contribution in [3.8, 4) is 5.88 Å². The predicted octanol–water partition coefficient (Wildman–Crippen LogP) is 5.31. The largest absolute Gasteiger partial charge is 0.480 e. The van der Waals surface area contributed by atoms with Gasteiger partial charge in [0.1, 0.15) is 4.75 Å². The van der Waals surface area contributed by atoms with Gasteiger partial charge in [-0.1, -0.05) is 44.4 Å². The van der Waals surface area contributed by atoms with Gasteiger partial charge in [0, 0.05) is 37.2 Å². The fourth-order valence-corrected chi connectivity index (χ4v) is 5.12. The Morgan fingerprint density at radius 3 is 2.68 bits per heavy atom. The van der Waals surface area contributed by atoms with Crippen molar-refractivity contribution < 1.29 is 14.6 Å². The Labute approximate surface area is 193 Å². The lowest BCUT2D eigenvalue weighted by molar-refractivity contribution is -0.138. The monoisotopic (exact) mass is 466 g/mol. The smallest absolute Gasteiger partial charge is 0.319 e. The molecule has 0 amide bonds. The van der Waals surface area contributed by atoms with Crippen molar-refractivity contribution in [3.05, 3.63) is 23.3 Å². The van der Waals surface area contributed by atoms with Crippen LogP contribution in [-0.4, -0.2) is 50.5 Å². The van der Waals surface area contributed by atoms with Gasteiger partial charge in [-0.2, -0.15) is 4.98 Å². The van der Waals surface area contributed by atoms with Gasteiger partial charge in [-0.3, -0.25) is 4.79 Å². The molecule has 0 atom stereocenters. The van der Waals surface area contributed by atoms with E-state index in [1.807, 2.05) is 12.3 Å². The van der Waals surface area contributed by atoms with E-state index in [-0.39, 0.29) is 0 Å². The highest BCUT2D eigenvalue weighted by Crippen LogP contribution is 2.34. The van der Waals surface area contributed by atoms with Gasteiger partial charge < -0.3 is 14.7 Å². The van der Waals surface area contributed by atoms with E-state index in [1.165, 1.54) is 48.8 Å². The van der Waals surface area contributed by atoms with Crippen molar-refractivity contribution >= 4 is 35.0 Å². The van der Waals surface area contributed by atoms with Crippen molar-refractivity contribution in [1.29, 1.82) is 0 Å². The van der Waals surface area contributed by atoms with Crippen molar-refractivity contribution in [2.75, 3.05) is 24.6 Å². The van der Waals surface area contributed by atoms with Crippen molar-refractivity contribution in [2.24, 2.45) is 0 Å². The van der Waals surface area contributed by atoms with E-state index in [4.69, 9.17) is 4.74 Å². The number of carbonyl (C=O) groups is 1. The second kappa shape index (κ2) is 12.9. The SMILES string of the molecule is CCCCCCCN(CCc1csc(SC(C)(C)C(=O)O)n1)c1nccc(OCC)n1. The molecule has 0 fully saturated rings. The quantitative estimate of drug-likeness (QED) is 0.279. The second-order valence-electron chi connectivity index (χ2n) is 7.80. The zero-order chi connectivity index (χ0) is 22.7. The summed E-state index contributed by atoms with van der Waals surface area (Å²) in [6, 6.07) is 1.78. The Morgan fingerprint density at radius 1 is 1.19 bits per heavy atom. The van der Waals surface area contributed by atoms with E-state index in [1.54, 1.807) is 26.1 Å². The summed E-state index contributed by atoms with van der Waals surface area (Å²) in [4.78, 5) is 27.2. The van der Waals surface area contributed by atoms with Crippen LogP contribution in [0.1, 0.15) is 65.5 Å². The maximum Gasteiger partial charge on any atom is 0.319 e. The van der Waals surface area contributed by atoms with Gasteiger partial charge in [-0.05, 0) is 27.2 Å². The molecule has 2 aromatic rings. The number of rotatable bonds is 15. The van der Waals surface area contributed by atoms with Crippen LogP contribution in [0.5, 0.6) is 5.88 Å². The minimum Gasteiger partial charge on any atom is -0.480 e. The number of hydrogen-bond donors (Lipinski definition) is 1. The van der Waals surface area contributed by atoms with Crippen molar-refractivity contribution in [1.82, 2.24) is 15.0 Å². The molecule has 9 heteroatoms. The second-order valence-corrected chi connectivity index (χ2v) is 10.5. The summed E-state index contributed by atoms with van der Waals surface area (Å²) >= 11 is 2.78. The number of carboxylic acids is 1. The van der Waals surface area contributed by atoms with Gasteiger partial charge in [-0.15, -0.1) is 11.3 Å². The summed E-state index contributed by atoms with van der Waals surface area (Å²) in [7, 11) is 0. The molecular weight excluding hydrogens is 432 g/mol. The molecule has 0 aliphatic heterocycles. The van der Waals surface area contributed by atoms with Gasteiger partial charge in [-0.25, -0.2) is 9.97 Å². The van der Waals surface area contributed by atoms with Crippen LogP contribution in [0, 0.1) is 0 Å². The number of aromatic nitrogens is 3. The van der Waals surface area contributed by atoms with E-state index >= 15 is 0 Å². The minimum atomic E-state index is -0.896. The summed E-state index contributed by atoms with van der Waals surface area (Å²) in [5.41, 5.74) is 0.964. The Morgan fingerprint density at radius 2 is 1.97 bits per heavy atom. The fraction of sp³-hybridized carbons (Fsp3) is 0.636. The molecule has 2 rings (SSSR count). The van der Waals surface area contributed by atoms with Crippen LogP contribution in [0.4, 0.5) is 5.95 Å². The number of thiazole rings is 1. The minimum absolute atomic E-state index is 0.569. The number of nitrogens with zero attached hydrogens (tertiary/aromatic N) is 4. The maximum atomic E-state index is 11.4. The number of thioether (sulfide) groups is 1. The standard InChI is InChI=1S/C22H34N4O3S2/c1-5-7-8-9-10-14-26(20-23-13-11-18(25-20)29-6-2)15-12-17-16-30-21(24-17)31-22(3,4)19(27)28/h11,13,16H,5-10,12,14-15H2,1-4H3,(H,27,28). The van der Waals surface area contributed by atoms with Crippen LogP contribution in [0.15, 0.2) is 22.0 Å². The molecule has 7 nitrogen and oxygen atoms in total. The third kappa shape index (κ3) is 8.65. The average Bonchev–Trinajstić information content (AvgIpc) is 3.17. The lowest BCUT2D eigenvalue weighted by Crippen LogP contribution is -2.29. The van der Waals surface area contributed by atoms with Gasteiger partial charge in [0.25, 0.3) is 0 Å². The summed E-state index contributed by atoms with van der Waals surface area (Å²) in [5, 5.41) is 11.3.